The molecule has 0 radical (unpaired) electrons. The van der Waals surface area contributed by atoms with Crippen LogP contribution in [0, 0.1) is 25.2 Å². The molecular weight excluding hydrogens is 234 g/mol. The highest BCUT2D eigenvalue weighted by atomic mass is 15.2. The van der Waals surface area contributed by atoms with Gasteiger partial charge in [-0.05, 0) is 50.9 Å². The van der Waals surface area contributed by atoms with E-state index in [4.69, 9.17) is 5.26 Å². The van der Waals surface area contributed by atoms with Gasteiger partial charge in [0.25, 0.3) is 0 Å². The van der Waals surface area contributed by atoms with Crippen molar-refractivity contribution >= 4 is 5.69 Å². The Kier molecular flexibility index (Phi) is 4.44. The minimum atomic E-state index is 0.267. The van der Waals surface area contributed by atoms with Crippen molar-refractivity contribution in [3.63, 3.8) is 0 Å². The molecule has 2 atom stereocenters. The molecule has 1 saturated heterocycles. The Morgan fingerprint density at radius 2 is 2.21 bits per heavy atom. The number of benzene rings is 1. The quantitative estimate of drug-likeness (QED) is 0.885. The molecule has 1 heterocycles. The van der Waals surface area contributed by atoms with Crippen LogP contribution in [0.1, 0.15) is 30.9 Å². The number of aryl methyl sites for hydroxylation is 2. The topological polar surface area (TPSA) is 39.1 Å². The van der Waals surface area contributed by atoms with E-state index in [0.29, 0.717) is 12.5 Å². The molecule has 3 heteroatoms. The first-order valence-electron chi connectivity index (χ1n) is 7.06. The molecule has 1 aromatic carbocycles. The Morgan fingerprint density at radius 3 is 2.95 bits per heavy atom. The van der Waals surface area contributed by atoms with Gasteiger partial charge in [-0.1, -0.05) is 12.1 Å². The highest BCUT2D eigenvalue weighted by Crippen LogP contribution is 2.28. The van der Waals surface area contributed by atoms with Gasteiger partial charge in [-0.15, -0.1) is 0 Å². The second-order valence-corrected chi connectivity index (χ2v) is 5.56. The lowest BCUT2D eigenvalue weighted by Gasteiger charge is -2.36. The first-order chi connectivity index (χ1) is 9.13. The minimum Gasteiger partial charge on any atom is -0.363 e. The van der Waals surface area contributed by atoms with Gasteiger partial charge in [-0.3, -0.25) is 0 Å². The molecule has 0 spiro atoms. The summed E-state index contributed by atoms with van der Waals surface area (Å²) in [6.07, 6.45) is 1.69. The molecule has 3 nitrogen and oxygen atoms in total. The molecular formula is C16H23N3. The molecule has 2 unspecified atom stereocenters. The van der Waals surface area contributed by atoms with Crippen LogP contribution in [0.3, 0.4) is 0 Å². The van der Waals surface area contributed by atoms with E-state index in [1.54, 1.807) is 0 Å². The smallest absolute Gasteiger partial charge is 0.0643 e. The number of nitrogens with one attached hydrogen (secondary N) is 1. The number of nitriles is 1. The molecule has 19 heavy (non-hydrogen) atoms. The minimum absolute atomic E-state index is 0.267. The van der Waals surface area contributed by atoms with E-state index in [-0.39, 0.29) is 6.04 Å². The van der Waals surface area contributed by atoms with Crippen LogP contribution >= 0.6 is 0 Å². The Morgan fingerprint density at radius 1 is 1.42 bits per heavy atom. The summed E-state index contributed by atoms with van der Waals surface area (Å²) < 4.78 is 0. The van der Waals surface area contributed by atoms with E-state index in [1.165, 1.54) is 16.8 Å². The van der Waals surface area contributed by atoms with Crippen molar-refractivity contribution in [2.75, 3.05) is 18.0 Å². The van der Waals surface area contributed by atoms with Crippen molar-refractivity contribution in [3.05, 3.63) is 29.3 Å². The fourth-order valence-corrected chi connectivity index (χ4v) is 2.88. The average molecular weight is 257 g/mol. The van der Waals surface area contributed by atoms with Crippen LogP contribution in [0.25, 0.3) is 0 Å². The van der Waals surface area contributed by atoms with E-state index < -0.39 is 0 Å². The Bertz CT molecular complexity index is 475. The highest BCUT2D eigenvalue weighted by molar-refractivity contribution is 5.56. The molecule has 0 bridgehead atoms. The molecule has 0 amide bonds. The monoisotopic (exact) mass is 257 g/mol. The standard InChI is InChI=1S/C16H23N3/c1-12-4-5-13(2)16(10-12)19-14(3)7-9-18-11-15(19)6-8-17/h4-5,10,14-15,18H,6-7,9,11H2,1-3H3. The SMILES string of the molecule is Cc1ccc(C)c(N2C(C)CCNCC2CC#N)c1. The summed E-state index contributed by atoms with van der Waals surface area (Å²) in [5, 5.41) is 12.5. The normalized spacial score (nSPS) is 23.8. The van der Waals surface area contributed by atoms with Crippen LogP contribution in [-0.4, -0.2) is 25.2 Å². The zero-order valence-corrected chi connectivity index (χ0v) is 12.1. The maximum Gasteiger partial charge on any atom is 0.0643 e. The third kappa shape index (κ3) is 3.08. The van der Waals surface area contributed by atoms with Crippen molar-refractivity contribution in [2.24, 2.45) is 0 Å². The summed E-state index contributed by atoms with van der Waals surface area (Å²) in [4.78, 5) is 2.45. The summed E-state index contributed by atoms with van der Waals surface area (Å²) in [6.45, 7) is 8.47. The molecule has 1 aliphatic rings. The number of hydrogen-bond acceptors (Lipinski definition) is 3. The van der Waals surface area contributed by atoms with Crippen LogP contribution in [0.4, 0.5) is 5.69 Å². The zero-order chi connectivity index (χ0) is 13.8. The maximum absolute atomic E-state index is 9.08. The Hall–Kier alpha value is -1.53. The van der Waals surface area contributed by atoms with E-state index in [0.717, 1.165) is 19.5 Å². The predicted molar refractivity (Wildman–Crippen MR) is 79.4 cm³/mol. The van der Waals surface area contributed by atoms with E-state index in [2.05, 4.69) is 55.3 Å². The Labute approximate surface area is 116 Å². The third-order valence-corrected chi connectivity index (χ3v) is 3.96. The van der Waals surface area contributed by atoms with Gasteiger partial charge in [-0.25, -0.2) is 0 Å². The lowest BCUT2D eigenvalue weighted by molar-refractivity contribution is 0.550. The molecule has 1 aromatic rings. The van der Waals surface area contributed by atoms with E-state index in [9.17, 15) is 0 Å². The largest absolute Gasteiger partial charge is 0.363 e. The molecule has 0 aromatic heterocycles. The van der Waals surface area contributed by atoms with Crippen molar-refractivity contribution in [1.29, 1.82) is 5.26 Å². The van der Waals surface area contributed by atoms with Crippen LogP contribution in [0.2, 0.25) is 0 Å². The second-order valence-electron chi connectivity index (χ2n) is 5.56. The highest BCUT2D eigenvalue weighted by Gasteiger charge is 2.27. The van der Waals surface area contributed by atoms with E-state index in [1.807, 2.05) is 0 Å². The van der Waals surface area contributed by atoms with Crippen molar-refractivity contribution in [3.8, 4) is 6.07 Å². The lowest BCUT2D eigenvalue weighted by Crippen LogP contribution is -2.44. The van der Waals surface area contributed by atoms with Gasteiger partial charge < -0.3 is 10.2 Å². The van der Waals surface area contributed by atoms with Gasteiger partial charge in [0.05, 0.1) is 18.5 Å². The Balaban J connectivity index is 2.40. The molecule has 2 rings (SSSR count). The maximum atomic E-state index is 9.08. The lowest BCUT2D eigenvalue weighted by atomic mass is 10.0. The fourth-order valence-electron chi connectivity index (χ4n) is 2.88. The average Bonchev–Trinajstić information content (AvgIpc) is 2.55. The summed E-state index contributed by atoms with van der Waals surface area (Å²) in [5.41, 5.74) is 3.86. The molecule has 102 valence electrons. The van der Waals surface area contributed by atoms with Gasteiger partial charge >= 0.3 is 0 Å². The predicted octanol–water partition coefficient (Wildman–Crippen LogP) is 2.77. The summed E-state index contributed by atoms with van der Waals surface area (Å²) in [6, 6.07) is 9.65. The van der Waals surface area contributed by atoms with E-state index >= 15 is 0 Å². The fraction of sp³-hybridized carbons (Fsp3) is 0.562. The summed E-state index contributed by atoms with van der Waals surface area (Å²) in [5.74, 6) is 0. The second kappa shape index (κ2) is 6.08. The van der Waals surface area contributed by atoms with Gasteiger partial charge in [0.15, 0.2) is 0 Å². The van der Waals surface area contributed by atoms with Crippen LogP contribution in [0.5, 0.6) is 0 Å². The first-order valence-corrected chi connectivity index (χ1v) is 7.06. The summed E-state index contributed by atoms with van der Waals surface area (Å²) >= 11 is 0. The number of hydrogen-bond donors (Lipinski definition) is 1. The van der Waals surface area contributed by atoms with Gasteiger partial charge in [-0.2, -0.15) is 5.26 Å². The van der Waals surface area contributed by atoms with Gasteiger partial charge in [0, 0.05) is 18.3 Å². The van der Waals surface area contributed by atoms with Crippen molar-refractivity contribution in [1.82, 2.24) is 5.32 Å². The zero-order valence-electron chi connectivity index (χ0n) is 12.1. The molecule has 0 aliphatic carbocycles. The van der Waals surface area contributed by atoms with Crippen LogP contribution < -0.4 is 10.2 Å². The molecule has 1 N–H and O–H groups in total. The third-order valence-electron chi connectivity index (χ3n) is 3.96. The van der Waals surface area contributed by atoms with Crippen molar-refractivity contribution < 1.29 is 0 Å². The summed E-state index contributed by atoms with van der Waals surface area (Å²) in [7, 11) is 0. The number of anilines is 1. The number of nitrogens with zero attached hydrogens (tertiary/aromatic N) is 2. The van der Waals surface area contributed by atoms with Crippen molar-refractivity contribution in [2.45, 2.75) is 45.7 Å². The van der Waals surface area contributed by atoms with Gasteiger partial charge in [0.2, 0.25) is 0 Å². The first kappa shape index (κ1) is 13.9. The molecule has 1 fully saturated rings. The molecule has 1 aliphatic heterocycles. The van der Waals surface area contributed by atoms with Gasteiger partial charge in [0.1, 0.15) is 0 Å². The van der Waals surface area contributed by atoms with Crippen LogP contribution in [0.15, 0.2) is 18.2 Å². The number of rotatable bonds is 2. The molecule has 0 saturated carbocycles. The van der Waals surface area contributed by atoms with Crippen LogP contribution in [-0.2, 0) is 0 Å².